The van der Waals surface area contributed by atoms with Crippen molar-refractivity contribution in [3.8, 4) is 0 Å². The van der Waals surface area contributed by atoms with Gasteiger partial charge in [0.2, 0.25) is 0 Å². The van der Waals surface area contributed by atoms with Crippen LogP contribution in [-0.4, -0.2) is 28.9 Å². The molecule has 2 unspecified atom stereocenters. The van der Waals surface area contributed by atoms with Gasteiger partial charge in [-0.2, -0.15) is 5.10 Å². The molecule has 1 aromatic heterocycles. The van der Waals surface area contributed by atoms with Gasteiger partial charge in [-0.1, -0.05) is 19.8 Å². The molecule has 2 fully saturated rings. The molecule has 4 heteroatoms. The van der Waals surface area contributed by atoms with E-state index in [0.29, 0.717) is 6.04 Å². The zero-order valence-corrected chi connectivity index (χ0v) is 14.0. The summed E-state index contributed by atoms with van der Waals surface area (Å²) in [5, 5.41) is 8.34. The first-order valence-electron chi connectivity index (χ1n) is 8.56. The van der Waals surface area contributed by atoms with Gasteiger partial charge in [0.15, 0.2) is 0 Å². The molecule has 0 aromatic carbocycles. The molecule has 4 nitrogen and oxygen atoms in total. The Morgan fingerprint density at radius 2 is 1.95 bits per heavy atom. The Labute approximate surface area is 128 Å². The predicted molar refractivity (Wildman–Crippen MR) is 87.6 cm³/mol. The van der Waals surface area contributed by atoms with E-state index in [1.165, 1.54) is 55.6 Å². The van der Waals surface area contributed by atoms with Crippen molar-refractivity contribution in [3.05, 3.63) is 11.3 Å². The number of nitrogens with one attached hydrogen (secondary N) is 1. The van der Waals surface area contributed by atoms with E-state index >= 15 is 0 Å². The van der Waals surface area contributed by atoms with Gasteiger partial charge in [0.25, 0.3) is 0 Å². The first kappa shape index (κ1) is 14.9. The van der Waals surface area contributed by atoms with Crippen LogP contribution in [0.2, 0.25) is 0 Å². The Kier molecular flexibility index (Phi) is 4.25. The smallest absolute Gasteiger partial charge is 0.131 e. The minimum absolute atomic E-state index is 0.660. The van der Waals surface area contributed by atoms with Crippen molar-refractivity contribution in [1.82, 2.24) is 15.1 Å². The fourth-order valence-electron chi connectivity index (χ4n) is 3.90. The van der Waals surface area contributed by atoms with E-state index in [1.54, 1.807) is 0 Å². The first-order valence-corrected chi connectivity index (χ1v) is 8.56. The van der Waals surface area contributed by atoms with Crippen LogP contribution in [0.25, 0.3) is 0 Å². The third kappa shape index (κ3) is 3.10. The van der Waals surface area contributed by atoms with Gasteiger partial charge in [0, 0.05) is 38.3 Å². The van der Waals surface area contributed by atoms with Crippen molar-refractivity contribution in [2.75, 3.05) is 11.9 Å². The average molecular weight is 290 g/mol. The van der Waals surface area contributed by atoms with E-state index in [4.69, 9.17) is 0 Å². The highest BCUT2D eigenvalue weighted by Crippen LogP contribution is 2.33. The summed E-state index contributed by atoms with van der Waals surface area (Å²) >= 11 is 0. The molecule has 0 aliphatic heterocycles. The third-order valence-corrected chi connectivity index (χ3v) is 5.36. The van der Waals surface area contributed by atoms with Crippen LogP contribution in [0.15, 0.2) is 0 Å². The van der Waals surface area contributed by atoms with Crippen LogP contribution in [0.4, 0.5) is 5.82 Å². The van der Waals surface area contributed by atoms with Crippen LogP contribution in [0.3, 0.4) is 0 Å². The van der Waals surface area contributed by atoms with Gasteiger partial charge in [-0.15, -0.1) is 0 Å². The van der Waals surface area contributed by atoms with E-state index < -0.39 is 0 Å². The van der Waals surface area contributed by atoms with E-state index in [9.17, 15) is 0 Å². The molecule has 118 valence electrons. The van der Waals surface area contributed by atoms with Crippen LogP contribution in [-0.2, 0) is 13.6 Å². The lowest BCUT2D eigenvalue weighted by Crippen LogP contribution is -2.40. The zero-order chi connectivity index (χ0) is 15.0. The molecule has 1 N–H and O–H groups in total. The first-order chi connectivity index (χ1) is 10.1. The maximum absolute atomic E-state index is 4.69. The monoisotopic (exact) mass is 290 g/mol. The lowest BCUT2D eigenvalue weighted by molar-refractivity contribution is 0.319. The lowest BCUT2D eigenvalue weighted by Gasteiger charge is -2.38. The van der Waals surface area contributed by atoms with Gasteiger partial charge < -0.3 is 10.2 Å². The van der Waals surface area contributed by atoms with E-state index in [-0.39, 0.29) is 0 Å². The number of aryl methyl sites for hydroxylation is 2. The molecule has 21 heavy (non-hydrogen) atoms. The number of aromatic nitrogens is 2. The van der Waals surface area contributed by atoms with Gasteiger partial charge >= 0.3 is 0 Å². The highest BCUT2D eigenvalue weighted by molar-refractivity contribution is 5.50. The SMILES string of the molecule is Cc1nn(C)c(N(C)C2CCCCC2C)c1CNC1CC1. The highest BCUT2D eigenvalue weighted by atomic mass is 15.4. The highest BCUT2D eigenvalue weighted by Gasteiger charge is 2.29. The fraction of sp³-hybridized carbons (Fsp3) is 0.824. The standard InChI is InChI=1S/C17H30N4/c1-12-7-5-6-8-16(12)20(3)17-15(11-18-14-9-10-14)13(2)19-21(17)4/h12,14,16,18H,5-11H2,1-4H3. The van der Waals surface area contributed by atoms with Gasteiger partial charge in [-0.25, -0.2) is 0 Å². The van der Waals surface area contributed by atoms with Crippen molar-refractivity contribution in [3.63, 3.8) is 0 Å². The Morgan fingerprint density at radius 3 is 2.62 bits per heavy atom. The molecular formula is C17H30N4. The van der Waals surface area contributed by atoms with Gasteiger partial charge in [0.1, 0.15) is 5.82 Å². The molecule has 2 aliphatic rings. The molecular weight excluding hydrogens is 260 g/mol. The van der Waals surface area contributed by atoms with Crippen LogP contribution < -0.4 is 10.2 Å². The Bertz CT molecular complexity index is 489. The molecule has 0 amide bonds. The second-order valence-corrected chi connectivity index (χ2v) is 7.11. The molecule has 2 atom stereocenters. The normalized spacial score (nSPS) is 26.1. The lowest BCUT2D eigenvalue weighted by atomic mass is 9.85. The summed E-state index contributed by atoms with van der Waals surface area (Å²) in [5.41, 5.74) is 2.57. The molecule has 0 saturated heterocycles. The maximum Gasteiger partial charge on any atom is 0.131 e. The summed E-state index contributed by atoms with van der Waals surface area (Å²) in [5.74, 6) is 2.10. The van der Waals surface area contributed by atoms with Gasteiger partial charge in [0.05, 0.1) is 5.69 Å². The molecule has 2 saturated carbocycles. The van der Waals surface area contributed by atoms with E-state index in [0.717, 1.165) is 18.5 Å². The Hall–Kier alpha value is -1.03. The third-order valence-electron chi connectivity index (χ3n) is 5.36. The summed E-state index contributed by atoms with van der Waals surface area (Å²) in [4.78, 5) is 2.51. The van der Waals surface area contributed by atoms with Crippen LogP contribution in [0.1, 0.15) is 56.7 Å². The molecule has 0 spiro atoms. The summed E-state index contributed by atoms with van der Waals surface area (Å²) in [6.07, 6.45) is 8.12. The summed E-state index contributed by atoms with van der Waals surface area (Å²) in [6.45, 7) is 5.52. The number of hydrogen-bond donors (Lipinski definition) is 1. The van der Waals surface area contributed by atoms with Crippen molar-refractivity contribution < 1.29 is 0 Å². The Balaban J connectivity index is 1.81. The van der Waals surface area contributed by atoms with Crippen molar-refractivity contribution in [1.29, 1.82) is 0 Å². The Morgan fingerprint density at radius 1 is 1.24 bits per heavy atom. The molecule has 0 bridgehead atoms. The summed E-state index contributed by atoms with van der Waals surface area (Å²) < 4.78 is 2.08. The van der Waals surface area contributed by atoms with Crippen LogP contribution >= 0.6 is 0 Å². The quantitative estimate of drug-likeness (QED) is 0.905. The van der Waals surface area contributed by atoms with Crippen molar-refractivity contribution in [2.24, 2.45) is 13.0 Å². The van der Waals surface area contributed by atoms with Crippen LogP contribution in [0.5, 0.6) is 0 Å². The van der Waals surface area contributed by atoms with Crippen LogP contribution in [0, 0.1) is 12.8 Å². The van der Waals surface area contributed by atoms with Gasteiger partial charge in [-0.3, -0.25) is 4.68 Å². The van der Waals surface area contributed by atoms with Crippen molar-refractivity contribution >= 4 is 5.82 Å². The number of nitrogens with zero attached hydrogens (tertiary/aromatic N) is 3. The van der Waals surface area contributed by atoms with Gasteiger partial charge in [-0.05, 0) is 38.5 Å². The average Bonchev–Trinajstić information content (AvgIpc) is 3.22. The largest absolute Gasteiger partial charge is 0.356 e. The second kappa shape index (κ2) is 5.99. The minimum atomic E-state index is 0.660. The second-order valence-electron chi connectivity index (χ2n) is 7.11. The fourth-order valence-corrected chi connectivity index (χ4v) is 3.90. The van der Waals surface area contributed by atoms with Crippen molar-refractivity contribution in [2.45, 2.75) is 71.0 Å². The molecule has 0 radical (unpaired) electrons. The topological polar surface area (TPSA) is 33.1 Å². The number of rotatable bonds is 5. The molecule has 3 rings (SSSR count). The van der Waals surface area contributed by atoms with E-state index in [1.807, 2.05) is 0 Å². The molecule has 1 aromatic rings. The molecule has 1 heterocycles. The predicted octanol–water partition coefficient (Wildman–Crippen LogP) is 3.00. The minimum Gasteiger partial charge on any atom is -0.356 e. The maximum atomic E-state index is 4.69. The number of anilines is 1. The zero-order valence-electron chi connectivity index (χ0n) is 14.0. The molecule has 2 aliphatic carbocycles. The summed E-state index contributed by atoms with van der Waals surface area (Å²) in [6, 6.07) is 1.41. The number of hydrogen-bond acceptors (Lipinski definition) is 3. The summed E-state index contributed by atoms with van der Waals surface area (Å²) in [7, 11) is 4.36. The van der Waals surface area contributed by atoms with E-state index in [2.05, 4.69) is 47.9 Å².